The highest BCUT2D eigenvalue weighted by atomic mass is 79.9. The van der Waals surface area contributed by atoms with E-state index in [4.69, 9.17) is 9.47 Å². The number of esters is 1. The number of benzene rings is 1. The van der Waals surface area contributed by atoms with Crippen LogP contribution in [0.5, 0.6) is 11.5 Å². The molecule has 0 saturated carbocycles. The molecule has 1 aromatic carbocycles. The maximum absolute atomic E-state index is 11.5. The number of ether oxygens (including phenoxy) is 3. The zero-order valence-corrected chi connectivity index (χ0v) is 11.2. The normalized spacial score (nSPS) is 9.81. The third-order valence-corrected chi connectivity index (χ3v) is 3.22. The summed E-state index contributed by atoms with van der Waals surface area (Å²) in [6.07, 6.45) is 0. The summed E-state index contributed by atoms with van der Waals surface area (Å²) >= 11 is 3.37. The van der Waals surface area contributed by atoms with Gasteiger partial charge >= 0.3 is 5.97 Å². The van der Waals surface area contributed by atoms with E-state index in [1.54, 1.807) is 20.1 Å². The van der Waals surface area contributed by atoms with Gasteiger partial charge in [0.2, 0.25) is 0 Å². The molecule has 0 N–H and O–H groups in total. The first-order valence-corrected chi connectivity index (χ1v) is 5.35. The van der Waals surface area contributed by atoms with Crippen molar-refractivity contribution >= 4 is 21.9 Å². The van der Waals surface area contributed by atoms with E-state index in [1.165, 1.54) is 14.2 Å². The van der Waals surface area contributed by atoms with Crippen molar-refractivity contribution < 1.29 is 19.0 Å². The van der Waals surface area contributed by atoms with Gasteiger partial charge in [-0.2, -0.15) is 0 Å². The summed E-state index contributed by atoms with van der Waals surface area (Å²) in [4.78, 5) is 11.5. The van der Waals surface area contributed by atoms with E-state index >= 15 is 0 Å². The molecule has 1 aromatic rings. The molecule has 0 bridgehead atoms. The summed E-state index contributed by atoms with van der Waals surface area (Å²) in [5.74, 6) is 0.646. The van der Waals surface area contributed by atoms with Crippen molar-refractivity contribution in [2.24, 2.45) is 0 Å². The lowest BCUT2D eigenvalue weighted by Crippen LogP contribution is -2.06. The molecule has 0 radical (unpaired) electrons. The predicted octanol–water partition coefficient (Wildman–Crippen LogP) is 2.56. The van der Waals surface area contributed by atoms with Crippen LogP contribution in [-0.2, 0) is 4.74 Å². The van der Waals surface area contributed by atoms with Crippen molar-refractivity contribution in [3.8, 4) is 11.5 Å². The van der Waals surface area contributed by atoms with Gasteiger partial charge in [0.1, 0.15) is 0 Å². The minimum absolute atomic E-state index is 0.404. The molecule has 0 spiro atoms. The number of methoxy groups -OCH3 is 3. The van der Waals surface area contributed by atoms with Gasteiger partial charge < -0.3 is 14.2 Å². The summed E-state index contributed by atoms with van der Waals surface area (Å²) in [6.45, 7) is 1.80. The highest BCUT2D eigenvalue weighted by Gasteiger charge is 2.19. The molecule has 88 valence electrons. The van der Waals surface area contributed by atoms with E-state index in [-0.39, 0.29) is 0 Å². The monoisotopic (exact) mass is 288 g/mol. The fraction of sp³-hybridized carbons (Fsp3) is 0.364. The minimum Gasteiger partial charge on any atom is -0.493 e. The van der Waals surface area contributed by atoms with Crippen LogP contribution in [-0.4, -0.2) is 27.3 Å². The zero-order valence-electron chi connectivity index (χ0n) is 9.59. The van der Waals surface area contributed by atoms with Crippen molar-refractivity contribution in [1.29, 1.82) is 0 Å². The topological polar surface area (TPSA) is 44.8 Å². The molecule has 4 nitrogen and oxygen atoms in total. The lowest BCUT2D eigenvalue weighted by Gasteiger charge is -2.14. The van der Waals surface area contributed by atoms with Crippen LogP contribution in [0.1, 0.15) is 15.9 Å². The Balaban J connectivity index is 3.44. The lowest BCUT2D eigenvalue weighted by atomic mass is 10.1. The second-order valence-electron chi connectivity index (χ2n) is 3.09. The lowest BCUT2D eigenvalue weighted by molar-refractivity contribution is 0.0599. The van der Waals surface area contributed by atoms with Crippen LogP contribution in [0, 0.1) is 6.92 Å². The number of hydrogen-bond acceptors (Lipinski definition) is 4. The minimum atomic E-state index is -0.404. The summed E-state index contributed by atoms with van der Waals surface area (Å²) in [5, 5.41) is 0. The average Bonchev–Trinajstić information content (AvgIpc) is 2.31. The molecule has 0 atom stereocenters. The van der Waals surface area contributed by atoms with E-state index in [0.717, 1.165) is 5.56 Å². The van der Waals surface area contributed by atoms with Gasteiger partial charge in [0.25, 0.3) is 0 Å². The molecule has 1 rings (SSSR count). The van der Waals surface area contributed by atoms with Crippen molar-refractivity contribution in [2.45, 2.75) is 6.92 Å². The van der Waals surface area contributed by atoms with E-state index in [9.17, 15) is 4.79 Å². The van der Waals surface area contributed by atoms with Crippen LogP contribution in [0.25, 0.3) is 0 Å². The van der Waals surface area contributed by atoms with E-state index in [2.05, 4.69) is 20.7 Å². The largest absolute Gasteiger partial charge is 0.493 e. The highest BCUT2D eigenvalue weighted by Crippen LogP contribution is 2.39. The number of carbonyl (C=O) groups is 1. The zero-order chi connectivity index (χ0) is 12.3. The molecule has 0 aliphatic heterocycles. The molecule has 5 heteroatoms. The molecule has 0 saturated heterocycles. The van der Waals surface area contributed by atoms with Crippen LogP contribution in [0.4, 0.5) is 0 Å². The van der Waals surface area contributed by atoms with Crippen LogP contribution in [0.2, 0.25) is 0 Å². The standard InChI is InChI=1S/C11H13BrO4/c1-6-7(11(13)16-4)5-8(14-2)10(15-3)9(6)12/h5H,1-4H3. The smallest absolute Gasteiger partial charge is 0.338 e. The van der Waals surface area contributed by atoms with Crippen molar-refractivity contribution in [2.75, 3.05) is 21.3 Å². The maximum Gasteiger partial charge on any atom is 0.338 e. The van der Waals surface area contributed by atoms with Gasteiger partial charge in [-0.15, -0.1) is 0 Å². The van der Waals surface area contributed by atoms with Crippen LogP contribution < -0.4 is 9.47 Å². The second-order valence-corrected chi connectivity index (χ2v) is 3.88. The SMILES string of the molecule is COC(=O)c1cc(OC)c(OC)c(Br)c1C. The van der Waals surface area contributed by atoms with Crippen LogP contribution in [0.15, 0.2) is 10.5 Å². The van der Waals surface area contributed by atoms with Gasteiger partial charge in [-0.3, -0.25) is 0 Å². The first-order chi connectivity index (χ1) is 7.56. The fourth-order valence-corrected chi connectivity index (χ4v) is 1.94. The van der Waals surface area contributed by atoms with Crippen molar-refractivity contribution in [3.63, 3.8) is 0 Å². The molecule has 16 heavy (non-hydrogen) atoms. The van der Waals surface area contributed by atoms with Gasteiger partial charge in [0.05, 0.1) is 31.4 Å². The molecule has 0 aliphatic rings. The molecule has 0 aromatic heterocycles. The second kappa shape index (κ2) is 5.21. The van der Waals surface area contributed by atoms with Crippen LogP contribution in [0.3, 0.4) is 0 Å². The molecule has 0 heterocycles. The Bertz CT molecular complexity index is 415. The summed E-state index contributed by atoms with van der Waals surface area (Å²) in [6, 6.07) is 1.60. The van der Waals surface area contributed by atoms with E-state index < -0.39 is 5.97 Å². The van der Waals surface area contributed by atoms with E-state index in [1.807, 2.05) is 0 Å². The molecule has 0 unspecified atom stereocenters. The van der Waals surface area contributed by atoms with Crippen molar-refractivity contribution in [3.05, 3.63) is 21.7 Å². The molecule has 0 aliphatic carbocycles. The summed E-state index contributed by atoms with van der Waals surface area (Å²) < 4.78 is 15.7. The summed E-state index contributed by atoms with van der Waals surface area (Å²) in [7, 11) is 4.40. The van der Waals surface area contributed by atoms with Gasteiger partial charge in [-0.05, 0) is 34.5 Å². The number of rotatable bonds is 3. The van der Waals surface area contributed by atoms with Gasteiger partial charge in [0, 0.05) is 0 Å². The Hall–Kier alpha value is -1.23. The van der Waals surface area contributed by atoms with Crippen molar-refractivity contribution in [1.82, 2.24) is 0 Å². The molecular formula is C11H13BrO4. The van der Waals surface area contributed by atoms with Gasteiger partial charge in [-0.25, -0.2) is 4.79 Å². The third kappa shape index (κ3) is 2.14. The van der Waals surface area contributed by atoms with Gasteiger partial charge in [0.15, 0.2) is 11.5 Å². The number of carbonyl (C=O) groups excluding carboxylic acids is 1. The highest BCUT2D eigenvalue weighted by molar-refractivity contribution is 9.10. The molecule has 0 fully saturated rings. The Morgan fingerprint density at radius 3 is 2.31 bits per heavy atom. The predicted molar refractivity (Wildman–Crippen MR) is 63.3 cm³/mol. The Kier molecular flexibility index (Phi) is 4.18. The first kappa shape index (κ1) is 12.8. The van der Waals surface area contributed by atoms with Crippen LogP contribution >= 0.6 is 15.9 Å². The average molecular weight is 289 g/mol. The maximum atomic E-state index is 11.5. The third-order valence-electron chi connectivity index (χ3n) is 2.26. The molecular weight excluding hydrogens is 276 g/mol. The molecule has 0 amide bonds. The number of hydrogen-bond donors (Lipinski definition) is 0. The quantitative estimate of drug-likeness (QED) is 0.802. The van der Waals surface area contributed by atoms with E-state index in [0.29, 0.717) is 21.5 Å². The first-order valence-electron chi connectivity index (χ1n) is 4.56. The summed E-state index contributed by atoms with van der Waals surface area (Å²) in [5.41, 5.74) is 1.21. The Labute approximate surface area is 103 Å². The Morgan fingerprint density at radius 1 is 1.25 bits per heavy atom. The fourth-order valence-electron chi connectivity index (χ4n) is 1.37. The van der Waals surface area contributed by atoms with Gasteiger partial charge in [-0.1, -0.05) is 0 Å². The number of halogens is 1. The Morgan fingerprint density at radius 2 is 1.88 bits per heavy atom.